The lowest BCUT2D eigenvalue weighted by Crippen LogP contribution is -2.36. The maximum absolute atomic E-state index is 12.0. The van der Waals surface area contributed by atoms with Crippen LogP contribution in [-0.2, 0) is 24.0 Å². The van der Waals surface area contributed by atoms with Crippen molar-refractivity contribution in [1.82, 2.24) is 5.06 Å². The van der Waals surface area contributed by atoms with E-state index in [4.69, 9.17) is 10.00 Å². The third-order valence-electron chi connectivity index (χ3n) is 3.29. The van der Waals surface area contributed by atoms with Crippen LogP contribution in [0.2, 0.25) is 0 Å². The summed E-state index contributed by atoms with van der Waals surface area (Å²) in [7, 11) is 0. The van der Waals surface area contributed by atoms with E-state index in [0.717, 1.165) is 0 Å². The standard InChI is InChI=1S/C11H8N2O5/c12-4-3-7(14)18-13-10(15)8-5-1-2-6(17-5)9(8)11(13)16/h1-2,5-6,8-9H,3H2/t5-,6+,8?,9?. The zero-order valence-electron chi connectivity index (χ0n) is 9.11. The second kappa shape index (κ2) is 3.65. The fourth-order valence-electron chi connectivity index (χ4n) is 2.56. The molecule has 3 heterocycles. The number of hydroxylamine groups is 2. The van der Waals surface area contributed by atoms with Crippen LogP contribution in [-0.4, -0.2) is 35.1 Å². The van der Waals surface area contributed by atoms with E-state index in [1.807, 2.05) is 0 Å². The van der Waals surface area contributed by atoms with E-state index in [1.165, 1.54) is 0 Å². The van der Waals surface area contributed by atoms with Crippen LogP contribution in [0.5, 0.6) is 0 Å². The molecule has 2 unspecified atom stereocenters. The van der Waals surface area contributed by atoms with Crippen LogP contribution in [0.1, 0.15) is 6.42 Å². The van der Waals surface area contributed by atoms with Crippen LogP contribution >= 0.6 is 0 Å². The number of carbonyl (C=O) groups excluding carboxylic acids is 3. The van der Waals surface area contributed by atoms with Gasteiger partial charge in [-0.15, -0.1) is 5.06 Å². The molecule has 3 aliphatic rings. The van der Waals surface area contributed by atoms with Crippen LogP contribution in [0.4, 0.5) is 0 Å². The molecule has 0 radical (unpaired) electrons. The molecule has 2 saturated heterocycles. The highest BCUT2D eigenvalue weighted by Crippen LogP contribution is 2.45. The predicted octanol–water partition coefficient (Wildman–Crippen LogP) is -0.703. The Morgan fingerprint density at radius 1 is 1.33 bits per heavy atom. The van der Waals surface area contributed by atoms with E-state index in [2.05, 4.69) is 4.84 Å². The van der Waals surface area contributed by atoms with Crippen molar-refractivity contribution in [2.75, 3.05) is 0 Å². The Labute approximate surface area is 101 Å². The summed E-state index contributed by atoms with van der Waals surface area (Å²) in [6.45, 7) is 0. The minimum absolute atomic E-state index is 0.420. The van der Waals surface area contributed by atoms with E-state index in [1.54, 1.807) is 18.2 Å². The van der Waals surface area contributed by atoms with Gasteiger partial charge in [0.2, 0.25) is 0 Å². The van der Waals surface area contributed by atoms with E-state index in [9.17, 15) is 14.4 Å². The van der Waals surface area contributed by atoms with Crippen molar-refractivity contribution < 1.29 is 24.0 Å². The maximum Gasteiger partial charge on any atom is 0.347 e. The second-order valence-corrected chi connectivity index (χ2v) is 4.27. The molecule has 2 bridgehead atoms. The van der Waals surface area contributed by atoms with Gasteiger partial charge in [-0.2, -0.15) is 5.26 Å². The molecule has 0 saturated carbocycles. The monoisotopic (exact) mass is 248 g/mol. The van der Waals surface area contributed by atoms with Gasteiger partial charge in [0, 0.05) is 0 Å². The van der Waals surface area contributed by atoms with Crippen molar-refractivity contribution in [1.29, 1.82) is 5.26 Å². The predicted molar refractivity (Wildman–Crippen MR) is 53.0 cm³/mol. The third kappa shape index (κ3) is 1.29. The van der Waals surface area contributed by atoms with E-state index < -0.39 is 48.2 Å². The fraction of sp³-hybridized carbons (Fsp3) is 0.455. The molecule has 0 N–H and O–H groups in total. The van der Waals surface area contributed by atoms with Crippen molar-refractivity contribution in [2.45, 2.75) is 18.6 Å². The third-order valence-corrected chi connectivity index (χ3v) is 3.29. The molecular weight excluding hydrogens is 240 g/mol. The van der Waals surface area contributed by atoms with Crippen molar-refractivity contribution in [3.63, 3.8) is 0 Å². The van der Waals surface area contributed by atoms with Crippen molar-refractivity contribution in [3.05, 3.63) is 12.2 Å². The minimum Gasteiger partial charge on any atom is -0.365 e. The average molecular weight is 248 g/mol. The Balaban J connectivity index is 1.80. The first-order valence-electron chi connectivity index (χ1n) is 5.43. The highest BCUT2D eigenvalue weighted by Gasteiger charge is 2.62. The first kappa shape index (κ1) is 10.9. The van der Waals surface area contributed by atoms with Gasteiger partial charge in [0.15, 0.2) is 0 Å². The molecule has 0 aromatic heterocycles. The summed E-state index contributed by atoms with van der Waals surface area (Å²) in [6.07, 6.45) is 2.12. The molecule has 0 aromatic rings. The summed E-state index contributed by atoms with van der Waals surface area (Å²) in [6, 6.07) is 1.59. The van der Waals surface area contributed by atoms with Crippen molar-refractivity contribution >= 4 is 17.8 Å². The Morgan fingerprint density at radius 3 is 2.39 bits per heavy atom. The summed E-state index contributed by atoms with van der Waals surface area (Å²) in [5.41, 5.74) is 0. The summed E-state index contributed by atoms with van der Waals surface area (Å²) in [5, 5.41) is 8.81. The van der Waals surface area contributed by atoms with Gasteiger partial charge in [-0.05, 0) is 0 Å². The highest BCUT2D eigenvalue weighted by molar-refractivity contribution is 6.06. The molecule has 0 aromatic carbocycles. The molecular formula is C11H8N2O5. The Morgan fingerprint density at radius 2 is 1.89 bits per heavy atom. The van der Waals surface area contributed by atoms with Crippen LogP contribution in [0, 0.1) is 23.2 Å². The first-order chi connectivity index (χ1) is 8.63. The Bertz CT molecular complexity index is 490. The number of hydrogen-bond acceptors (Lipinski definition) is 6. The molecule has 0 spiro atoms. The van der Waals surface area contributed by atoms with Gasteiger partial charge in [0.05, 0.1) is 30.1 Å². The summed E-state index contributed by atoms with van der Waals surface area (Å²) in [4.78, 5) is 39.7. The molecule has 2 amide bonds. The molecule has 3 rings (SSSR count). The molecule has 7 nitrogen and oxygen atoms in total. The number of amides is 2. The SMILES string of the molecule is N#CCC(=O)ON1C(=O)C2C(C1=O)[C@H]1C=C[C@@H]2O1. The summed E-state index contributed by atoms with van der Waals surface area (Å²) in [5.74, 6) is -3.29. The van der Waals surface area contributed by atoms with Gasteiger partial charge >= 0.3 is 5.97 Å². The highest BCUT2D eigenvalue weighted by atomic mass is 16.7. The van der Waals surface area contributed by atoms with Gasteiger partial charge in [0.25, 0.3) is 11.8 Å². The normalized spacial score (nSPS) is 35.8. The van der Waals surface area contributed by atoms with E-state index in [-0.39, 0.29) is 0 Å². The van der Waals surface area contributed by atoms with Crippen LogP contribution in [0.3, 0.4) is 0 Å². The lowest BCUT2D eigenvalue weighted by atomic mass is 9.85. The molecule has 2 fully saturated rings. The zero-order valence-corrected chi connectivity index (χ0v) is 9.11. The quantitative estimate of drug-likeness (QED) is 0.473. The Kier molecular flexibility index (Phi) is 2.21. The molecule has 92 valence electrons. The van der Waals surface area contributed by atoms with E-state index in [0.29, 0.717) is 5.06 Å². The number of fused-ring (bicyclic) bond motifs is 5. The number of nitriles is 1. The van der Waals surface area contributed by atoms with Crippen molar-refractivity contribution in [2.24, 2.45) is 11.8 Å². The van der Waals surface area contributed by atoms with Gasteiger partial charge in [-0.3, -0.25) is 9.59 Å². The molecule has 18 heavy (non-hydrogen) atoms. The number of hydrogen-bond donors (Lipinski definition) is 0. The van der Waals surface area contributed by atoms with Gasteiger partial charge in [0.1, 0.15) is 6.42 Å². The van der Waals surface area contributed by atoms with Crippen LogP contribution < -0.4 is 0 Å². The fourth-order valence-corrected chi connectivity index (χ4v) is 2.56. The lowest BCUT2D eigenvalue weighted by molar-refractivity contribution is -0.199. The Hall–Kier alpha value is -2.20. The lowest BCUT2D eigenvalue weighted by Gasteiger charge is -2.15. The summed E-state index contributed by atoms with van der Waals surface area (Å²) >= 11 is 0. The first-order valence-corrected chi connectivity index (χ1v) is 5.43. The summed E-state index contributed by atoms with van der Waals surface area (Å²) < 4.78 is 5.41. The maximum atomic E-state index is 12.0. The second-order valence-electron chi connectivity index (χ2n) is 4.27. The molecule has 3 aliphatic heterocycles. The number of carbonyl (C=O) groups is 3. The van der Waals surface area contributed by atoms with Gasteiger partial charge < -0.3 is 9.57 Å². The van der Waals surface area contributed by atoms with Gasteiger partial charge in [-0.1, -0.05) is 12.2 Å². The van der Waals surface area contributed by atoms with Crippen LogP contribution in [0.15, 0.2) is 12.2 Å². The smallest absolute Gasteiger partial charge is 0.347 e. The number of nitrogens with zero attached hydrogens (tertiary/aromatic N) is 2. The number of ether oxygens (including phenoxy) is 1. The average Bonchev–Trinajstić information content (AvgIpc) is 2.99. The molecule has 4 atom stereocenters. The van der Waals surface area contributed by atoms with E-state index >= 15 is 0 Å². The minimum atomic E-state index is -0.916. The zero-order chi connectivity index (χ0) is 12.9. The number of rotatable bonds is 2. The topological polar surface area (TPSA) is 96.7 Å². The molecule has 0 aliphatic carbocycles. The largest absolute Gasteiger partial charge is 0.365 e. The van der Waals surface area contributed by atoms with Gasteiger partial charge in [-0.25, -0.2) is 4.79 Å². The van der Waals surface area contributed by atoms with Crippen LogP contribution in [0.25, 0.3) is 0 Å². The van der Waals surface area contributed by atoms with Crippen molar-refractivity contribution in [3.8, 4) is 6.07 Å². The number of imide groups is 1. The molecule has 7 heteroatoms.